The molecule has 0 unspecified atom stereocenters. The summed E-state index contributed by atoms with van der Waals surface area (Å²) in [6.45, 7) is 9.50. The van der Waals surface area contributed by atoms with E-state index in [1.807, 2.05) is 0 Å². The topological polar surface area (TPSA) is 0 Å². The van der Waals surface area contributed by atoms with Crippen molar-refractivity contribution in [3.8, 4) is 0 Å². The Kier molecular flexibility index (Phi) is 7.23. The summed E-state index contributed by atoms with van der Waals surface area (Å²) in [7, 11) is 0. The summed E-state index contributed by atoms with van der Waals surface area (Å²) in [6.07, 6.45) is 13.3. The first-order valence-corrected chi connectivity index (χ1v) is 8.17. The number of hydrogen-bond donors (Lipinski definition) is 0. The van der Waals surface area contributed by atoms with E-state index in [2.05, 4.69) is 27.7 Å². The second kappa shape index (κ2) is 8.16. The third kappa shape index (κ3) is 5.44. The SMILES string of the molecule is CCCC(CCC)CC1CCC(C(C)C)CC1. The van der Waals surface area contributed by atoms with Crippen LogP contribution < -0.4 is 0 Å². The van der Waals surface area contributed by atoms with Crippen LogP contribution in [0.4, 0.5) is 0 Å². The van der Waals surface area contributed by atoms with Gasteiger partial charge in [0.15, 0.2) is 0 Å². The van der Waals surface area contributed by atoms with Gasteiger partial charge in [-0.2, -0.15) is 0 Å². The van der Waals surface area contributed by atoms with Crippen LogP contribution in [0.25, 0.3) is 0 Å². The third-order valence-electron chi connectivity index (χ3n) is 4.89. The molecule has 0 nitrogen and oxygen atoms in total. The molecule has 0 spiro atoms. The predicted octanol–water partition coefficient (Wildman–Crippen LogP) is 6.06. The maximum atomic E-state index is 2.40. The van der Waals surface area contributed by atoms with Crippen LogP contribution in [0.2, 0.25) is 0 Å². The lowest BCUT2D eigenvalue weighted by atomic mass is 9.73. The zero-order valence-electron chi connectivity index (χ0n) is 12.7. The van der Waals surface area contributed by atoms with E-state index in [1.54, 1.807) is 0 Å². The summed E-state index contributed by atoms with van der Waals surface area (Å²) in [5.41, 5.74) is 0. The van der Waals surface area contributed by atoms with Crippen LogP contribution in [0.5, 0.6) is 0 Å². The normalized spacial score (nSPS) is 25.8. The highest BCUT2D eigenvalue weighted by Gasteiger charge is 2.24. The van der Waals surface area contributed by atoms with Gasteiger partial charge in [0, 0.05) is 0 Å². The molecule has 0 bridgehead atoms. The minimum atomic E-state index is 0.915. The van der Waals surface area contributed by atoms with Gasteiger partial charge >= 0.3 is 0 Å². The fourth-order valence-electron chi connectivity index (χ4n) is 3.76. The van der Waals surface area contributed by atoms with E-state index < -0.39 is 0 Å². The first kappa shape index (κ1) is 15.1. The number of rotatable bonds is 7. The molecule has 1 rings (SSSR count). The van der Waals surface area contributed by atoms with Gasteiger partial charge in [-0.3, -0.25) is 0 Å². The molecule has 0 aromatic carbocycles. The van der Waals surface area contributed by atoms with Crippen LogP contribution in [0.3, 0.4) is 0 Å². The molecule has 102 valence electrons. The van der Waals surface area contributed by atoms with Gasteiger partial charge in [-0.15, -0.1) is 0 Å². The molecular formula is C17H34. The Hall–Kier alpha value is 0. The van der Waals surface area contributed by atoms with Crippen molar-refractivity contribution < 1.29 is 0 Å². The van der Waals surface area contributed by atoms with Gasteiger partial charge in [0.1, 0.15) is 0 Å². The molecule has 0 N–H and O–H groups in total. The molecule has 1 saturated carbocycles. The fraction of sp³-hybridized carbons (Fsp3) is 1.00. The minimum Gasteiger partial charge on any atom is -0.0654 e. The molecule has 0 atom stereocenters. The smallest absolute Gasteiger partial charge is 0.0391 e. The second-order valence-electron chi connectivity index (χ2n) is 6.70. The molecule has 0 aromatic rings. The van der Waals surface area contributed by atoms with Gasteiger partial charge in [0.2, 0.25) is 0 Å². The molecule has 1 aliphatic rings. The fourth-order valence-corrected chi connectivity index (χ4v) is 3.76. The minimum absolute atomic E-state index is 0.915. The van der Waals surface area contributed by atoms with Gasteiger partial charge in [0.05, 0.1) is 0 Å². The molecule has 0 radical (unpaired) electrons. The number of hydrogen-bond acceptors (Lipinski definition) is 0. The van der Waals surface area contributed by atoms with Crippen molar-refractivity contribution in [2.75, 3.05) is 0 Å². The van der Waals surface area contributed by atoms with Gasteiger partial charge in [-0.05, 0) is 42.9 Å². The average molecular weight is 238 g/mol. The Morgan fingerprint density at radius 2 is 1.41 bits per heavy atom. The Labute approximate surface area is 110 Å². The van der Waals surface area contributed by atoms with Crippen molar-refractivity contribution in [2.45, 2.75) is 85.5 Å². The van der Waals surface area contributed by atoms with Gasteiger partial charge in [-0.1, -0.05) is 66.2 Å². The van der Waals surface area contributed by atoms with Gasteiger partial charge < -0.3 is 0 Å². The molecule has 0 heterocycles. The van der Waals surface area contributed by atoms with Crippen LogP contribution in [0.1, 0.15) is 85.5 Å². The van der Waals surface area contributed by atoms with Crippen LogP contribution in [-0.4, -0.2) is 0 Å². The summed E-state index contributed by atoms with van der Waals surface area (Å²) >= 11 is 0. The summed E-state index contributed by atoms with van der Waals surface area (Å²) < 4.78 is 0. The van der Waals surface area contributed by atoms with Crippen molar-refractivity contribution in [1.29, 1.82) is 0 Å². The summed E-state index contributed by atoms with van der Waals surface area (Å²) in [5.74, 6) is 4.04. The van der Waals surface area contributed by atoms with E-state index in [-0.39, 0.29) is 0 Å². The zero-order chi connectivity index (χ0) is 12.7. The Balaban J connectivity index is 2.27. The Bertz CT molecular complexity index is 168. The highest BCUT2D eigenvalue weighted by molar-refractivity contribution is 4.76. The molecule has 0 amide bonds. The maximum absolute atomic E-state index is 2.40. The van der Waals surface area contributed by atoms with Crippen molar-refractivity contribution in [2.24, 2.45) is 23.7 Å². The van der Waals surface area contributed by atoms with E-state index in [9.17, 15) is 0 Å². The largest absolute Gasteiger partial charge is 0.0654 e. The summed E-state index contributed by atoms with van der Waals surface area (Å²) in [6, 6.07) is 0. The van der Waals surface area contributed by atoms with Crippen LogP contribution >= 0.6 is 0 Å². The van der Waals surface area contributed by atoms with Crippen molar-refractivity contribution in [3.63, 3.8) is 0 Å². The third-order valence-corrected chi connectivity index (χ3v) is 4.89. The van der Waals surface area contributed by atoms with E-state index >= 15 is 0 Å². The summed E-state index contributed by atoms with van der Waals surface area (Å²) in [4.78, 5) is 0. The van der Waals surface area contributed by atoms with E-state index in [1.165, 1.54) is 57.8 Å². The first-order chi connectivity index (χ1) is 8.17. The quantitative estimate of drug-likeness (QED) is 0.506. The molecule has 0 heteroatoms. The van der Waals surface area contributed by atoms with Gasteiger partial charge in [0.25, 0.3) is 0 Å². The second-order valence-corrected chi connectivity index (χ2v) is 6.70. The lowest BCUT2D eigenvalue weighted by molar-refractivity contribution is 0.193. The molecule has 0 aliphatic heterocycles. The Morgan fingerprint density at radius 1 is 0.882 bits per heavy atom. The lowest BCUT2D eigenvalue weighted by Crippen LogP contribution is -2.20. The van der Waals surface area contributed by atoms with E-state index in [0.29, 0.717) is 0 Å². The highest BCUT2D eigenvalue weighted by atomic mass is 14.3. The predicted molar refractivity (Wildman–Crippen MR) is 78.2 cm³/mol. The molecule has 17 heavy (non-hydrogen) atoms. The van der Waals surface area contributed by atoms with Crippen molar-refractivity contribution in [3.05, 3.63) is 0 Å². The standard InChI is InChI=1S/C17H34/c1-5-7-15(8-6-2)13-16-9-11-17(12-10-16)14(3)4/h14-17H,5-13H2,1-4H3. The molecule has 1 aliphatic carbocycles. The van der Waals surface area contributed by atoms with Crippen LogP contribution in [-0.2, 0) is 0 Å². The molecule has 0 aromatic heterocycles. The molecule has 0 saturated heterocycles. The Morgan fingerprint density at radius 3 is 1.82 bits per heavy atom. The maximum Gasteiger partial charge on any atom is -0.0391 e. The van der Waals surface area contributed by atoms with Crippen molar-refractivity contribution in [1.82, 2.24) is 0 Å². The van der Waals surface area contributed by atoms with E-state index in [4.69, 9.17) is 0 Å². The summed E-state index contributed by atoms with van der Waals surface area (Å²) in [5, 5.41) is 0. The highest BCUT2D eigenvalue weighted by Crippen LogP contribution is 2.37. The van der Waals surface area contributed by atoms with Crippen molar-refractivity contribution >= 4 is 0 Å². The van der Waals surface area contributed by atoms with Crippen LogP contribution in [0, 0.1) is 23.7 Å². The molecular weight excluding hydrogens is 204 g/mol. The molecule has 1 fully saturated rings. The monoisotopic (exact) mass is 238 g/mol. The lowest BCUT2D eigenvalue weighted by Gasteiger charge is -2.32. The average Bonchev–Trinajstić information content (AvgIpc) is 2.30. The van der Waals surface area contributed by atoms with E-state index in [0.717, 1.165) is 23.7 Å². The van der Waals surface area contributed by atoms with Crippen LogP contribution in [0.15, 0.2) is 0 Å². The zero-order valence-corrected chi connectivity index (χ0v) is 12.7. The first-order valence-electron chi connectivity index (χ1n) is 8.17. The van der Waals surface area contributed by atoms with Gasteiger partial charge in [-0.25, -0.2) is 0 Å².